The van der Waals surface area contributed by atoms with E-state index < -0.39 is 0 Å². The maximum atomic E-state index is 13.3. The predicted molar refractivity (Wildman–Crippen MR) is 115 cm³/mol. The maximum absolute atomic E-state index is 13.3. The highest BCUT2D eigenvalue weighted by Gasteiger charge is 2.35. The van der Waals surface area contributed by atoms with Crippen molar-refractivity contribution >= 4 is 17.4 Å². The van der Waals surface area contributed by atoms with Crippen molar-refractivity contribution in [3.8, 4) is 0 Å². The monoisotopic (exact) mass is 382 g/mol. The standard InChI is InChI=1S/C25H22N2O2/c1-18-9-8-14-21-23(18)27(17-20-12-6-3-7-13-20)25(29)22(24(21)28)16-26-15-19-10-4-2-5-11-19/h2-14,16,26H,15,17H2,1H3/b22-16+. The van der Waals surface area contributed by atoms with E-state index in [9.17, 15) is 9.59 Å². The quantitative estimate of drug-likeness (QED) is 0.526. The molecule has 0 saturated carbocycles. The number of carbonyl (C=O) groups excluding carboxylic acids is 2. The average molecular weight is 382 g/mol. The molecule has 0 spiro atoms. The van der Waals surface area contributed by atoms with Crippen LogP contribution in [-0.2, 0) is 17.9 Å². The zero-order chi connectivity index (χ0) is 20.2. The first kappa shape index (κ1) is 18.7. The van der Waals surface area contributed by atoms with Crippen LogP contribution in [0.5, 0.6) is 0 Å². The Morgan fingerprint density at radius 1 is 0.828 bits per heavy atom. The van der Waals surface area contributed by atoms with Gasteiger partial charge in [-0.05, 0) is 29.7 Å². The smallest absolute Gasteiger partial charge is 0.264 e. The van der Waals surface area contributed by atoms with Gasteiger partial charge in [0.05, 0.1) is 12.2 Å². The molecule has 3 aromatic carbocycles. The minimum absolute atomic E-state index is 0.162. The molecular weight excluding hydrogens is 360 g/mol. The summed E-state index contributed by atoms with van der Waals surface area (Å²) in [6.45, 7) is 2.89. The molecule has 0 fully saturated rings. The lowest BCUT2D eigenvalue weighted by atomic mass is 9.92. The molecule has 1 N–H and O–H groups in total. The molecule has 144 valence electrons. The third-order valence-corrected chi connectivity index (χ3v) is 5.05. The van der Waals surface area contributed by atoms with Crippen LogP contribution in [0.3, 0.4) is 0 Å². The number of carbonyl (C=O) groups is 2. The minimum atomic E-state index is -0.277. The van der Waals surface area contributed by atoms with Crippen LogP contribution in [0.2, 0.25) is 0 Å². The van der Waals surface area contributed by atoms with Gasteiger partial charge in [-0.25, -0.2) is 0 Å². The summed E-state index contributed by atoms with van der Waals surface area (Å²) in [6.07, 6.45) is 1.56. The first-order valence-electron chi connectivity index (χ1n) is 9.63. The average Bonchev–Trinajstić information content (AvgIpc) is 2.75. The zero-order valence-corrected chi connectivity index (χ0v) is 16.3. The number of rotatable bonds is 5. The minimum Gasteiger partial charge on any atom is -0.386 e. The second-order valence-corrected chi connectivity index (χ2v) is 7.10. The number of nitrogens with zero attached hydrogens (tertiary/aromatic N) is 1. The molecule has 0 aliphatic carbocycles. The molecule has 0 radical (unpaired) electrons. The Kier molecular flexibility index (Phi) is 5.25. The van der Waals surface area contributed by atoms with Crippen LogP contribution in [0.4, 0.5) is 5.69 Å². The van der Waals surface area contributed by atoms with Crippen LogP contribution in [0.1, 0.15) is 27.0 Å². The van der Waals surface area contributed by atoms with Gasteiger partial charge in [-0.1, -0.05) is 72.8 Å². The molecule has 0 aromatic heterocycles. The van der Waals surface area contributed by atoms with Crippen molar-refractivity contribution in [3.05, 3.63) is 113 Å². The topological polar surface area (TPSA) is 49.4 Å². The molecule has 0 saturated heterocycles. The number of benzene rings is 3. The van der Waals surface area contributed by atoms with Crippen molar-refractivity contribution in [3.63, 3.8) is 0 Å². The van der Waals surface area contributed by atoms with Crippen LogP contribution in [-0.4, -0.2) is 11.7 Å². The van der Waals surface area contributed by atoms with E-state index in [1.807, 2.05) is 79.7 Å². The number of ketones is 1. The van der Waals surface area contributed by atoms with Gasteiger partial charge in [0.25, 0.3) is 5.91 Å². The van der Waals surface area contributed by atoms with Gasteiger partial charge in [-0.15, -0.1) is 0 Å². The van der Waals surface area contributed by atoms with Crippen molar-refractivity contribution in [2.24, 2.45) is 0 Å². The van der Waals surface area contributed by atoms with E-state index in [0.29, 0.717) is 24.3 Å². The summed E-state index contributed by atoms with van der Waals surface area (Å²) < 4.78 is 0. The van der Waals surface area contributed by atoms with Crippen LogP contribution in [0.15, 0.2) is 90.6 Å². The van der Waals surface area contributed by atoms with Gasteiger partial charge >= 0.3 is 0 Å². The van der Waals surface area contributed by atoms with Crippen molar-refractivity contribution in [1.29, 1.82) is 0 Å². The van der Waals surface area contributed by atoms with Crippen LogP contribution >= 0.6 is 0 Å². The molecule has 0 bridgehead atoms. The fourth-order valence-corrected chi connectivity index (χ4v) is 3.60. The van der Waals surface area contributed by atoms with Gasteiger partial charge in [0.2, 0.25) is 5.78 Å². The van der Waals surface area contributed by atoms with Crippen LogP contribution < -0.4 is 10.2 Å². The Morgan fingerprint density at radius 3 is 2.17 bits per heavy atom. The Hall–Kier alpha value is -3.66. The SMILES string of the molecule is Cc1cccc2c1N(Cc1ccccc1)C(=O)/C(=C/NCc1ccccc1)C2=O. The number of anilines is 1. The normalized spacial score (nSPS) is 14.8. The molecule has 3 aromatic rings. The fourth-order valence-electron chi connectivity index (χ4n) is 3.60. The van der Waals surface area contributed by atoms with Gasteiger partial charge in [-0.2, -0.15) is 0 Å². The van der Waals surface area contributed by atoms with E-state index in [4.69, 9.17) is 0 Å². The lowest BCUT2D eigenvalue weighted by molar-refractivity contribution is -0.115. The molecule has 4 nitrogen and oxygen atoms in total. The molecule has 1 heterocycles. The fraction of sp³-hybridized carbons (Fsp3) is 0.120. The Bertz CT molecular complexity index is 1070. The van der Waals surface area contributed by atoms with Crippen LogP contribution in [0, 0.1) is 6.92 Å². The Morgan fingerprint density at radius 2 is 1.48 bits per heavy atom. The lowest BCUT2D eigenvalue weighted by Gasteiger charge is -2.31. The van der Waals surface area contributed by atoms with E-state index in [0.717, 1.165) is 16.7 Å². The number of Topliss-reactive ketones (excluding diaryl/α,β-unsaturated/α-hetero) is 1. The van der Waals surface area contributed by atoms with Gasteiger partial charge in [0, 0.05) is 18.3 Å². The van der Waals surface area contributed by atoms with Gasteiger partial charge in [0.1, 0.15) is 5.57 Å². The summed E-state index contributed by atoms with van der Waals surface area (Å²) >= 11 is 0. The molecule has 1 aliphatic rings. The molecule has 4 rings (SSSR count). The molecule has 0 unspecified atom stereocenters. The van der Waals surface area contributed by atoms with Gasteiger partial charge in [0.15, 0.2) is 0 Å². The van der Waals surface area contributed by atoms with E-state index in [1.165, 1.54) is 0 Å². The lowest BCUT2D eigenvalue weighted by Crippen LogP contribution is -2.40. The van der Waals surface area contributed by atoms with Crippen molar-refractivity contribution in [2.75, 3.05) is 4.90 Å². The molecule has 29 heavy (non-hydrogen) atoms. The first-order valence-corrected chi connectivity index (χ1v) is 9.63. The molecular formula is C25H22N2O2. The van der Waals surface area contributed by atoms with E-state index in [-0.39, 0.29) is 17.3 Å². The van der Waals surface area contributed by atoms with Crippen LogP contribution in [0.25, 0.3) is 0 Å². The number of aryl methyl sites for hydroxylation is 1. The number of nitrogens with one attached hydrogen (secondary N) is 1. The van der Waals surface area contributed by atoms with Gasteiger partial charge < -0.3 is 10.2 Å². The molecule has 4 heteroatoms. The van der Waals surface area contributed by atoms with Crippen molar-refractivity contribution < 1.29 is 9.59 Å². The Balaban J connectivity index is 1.68. The van der Waals surface area contributed by atoms with E-state index in [2.05, 4.69) is 5.32 Å². The number of hydrogen-bond donors (Lipinski definition) is 1. The molecule has 1 amide bonds. The number of para-hydroxylation sites is 1. The summed E-state index contributed by atoms with van der Waals surface area (Å²) in [7, 11) is 0. The zero-order valence-electron chi connectivity index (χ0n) is 16.3. The van der Waals surface area contributed by atoms with Gasteiger partial charge in [-0.3, -0.25) is 9.59 Å². The summed E-state index contributed by atoms with van der Waals surface area (Å²) in [6, 6.07) is 25.3. The third-order valence-electron chi connectivity index (χ3n) is 5.05. The third kappa shape index (κ3) is 3.83. The summed E-state index contributed by atoms with van der Waals surface area (Å²) in [5.41, 5.74) is 4.43. The Labute approximate surface area is 170 Å². The first-order chi connectivity index (χ1) is 14.1. The molecule has 1 aliphatic heterocycles. The summed E-state index contributed by atoms with van der Waals surface area (Å²) in [4.78, 5) is 28.1. The number of fused-ring (bicyclic) bond motifs is 1. The van der Waals surface area contributed by atoms with Crippen molar-refractivity contribution in [1.82, 2.24) is 5.32 Å². The predicted octanol–water partition coefficient (Wildman–Crippen LogP) is 4.40. The highest BCUT2D eigenvalue weighted by atomic mass is 16.2. The number of hydrogen-bond acceptors (Lipinski definition) is 3. The van der Waals surface area contributed by atoms with E-state index in [1.54, 1.807) is 17.2 Å². The largest absolute Gasteiger partial charge is 0.386 e. The summed E-state index contributed by atoms with van der Waals surface area (Å²) in [5, 5.41) is 3.13. The highest BCUT2D eigenvalue weighted by Crippen LogP contribution is 2.34. The van der Waals surface area contributed by atoms with E-state index >= 15 is 0 Å². The maximum Gasteiger partial charge on any atom is 0.264 e. The second kappa shape index (κ2) is 8.15. The molecule has 0 atom stereocenters. The highest BCUT2D eigenvalue weighted by molar-refractivity contribution is 6.34. The van der Waals surface area contributed by atoms with Crippen molar-refractivity contribution in [2.45, 2.75) is 20.0 Å². The summed E-state index contributed by atoms with van der Waals surface area (Å²) in [5.74, 6) is -0.514. The second-order valence-electron chi connectivity index (χ2n) is 7.10. The number of amides is 1.